The van der Waals surface area contributed by atoms with Gasteiger partial charge in [-0.15, -0.1) is 0 Å². The molecule has 0 aliphatic carbocycles. The zero-order valence-corrected chi connectivity index (χ0v) is 8.42. The van der Waals surface area contributed by atoms with Crippen molar-refractivity contribution in [3.8, 4) is 0 Å². The van der Waals surface area contributed by atoms with Gasteiger partial charge in [-0.2, -0.15) is 0 Å². The summed E-state index contributed by atoms with van der Waals surface area (Å²) in [6, 6.07) is 0. The third kappa shape index (κ3) is 2.50. The Kier molecular flexibility index (Phi) is 3.61. The Labute approximate surface area is 69.3 Å². The van der Waals surface area contributed by atoms with Crippen molar-refractivity contribution in [2.45, 2.75) is 0 Å². The summed E-state index contributed by atoms with van der Waals surface area (Å²) in [5.74, 6) is 0.00463. The van der Waals surface area contributed by atoms with Crippen LogP contribution in [0.5, 0.6) is 0 Å². The molecule has 0 aromatic rings. The van der Waals surface area contributed by atoms with Gasteiger partial charge < -0.3 is 0 Å². The summed E-state index contributed by atoms with van der Waals surface area (Å²) in [4.78, 5) is 14.4. The van der Waals surface area contributed by atoms with Crippen molar-refractivity contribution in [3.05, 3.63) is 0 Å². The van der Waals surface area contributed by atoms with Crippen LogP contribution in [0.1, 0.15) is 0 Å². The van der Waals surface area contributed by atoms with E-state index in [1.54, 1.807) is 19.0 Å². The summed E-state index contributed by atoms with van der Waals surface area (Å²) >= 11 is 2.71. The zero-order valence-electron chi connectivity index (χ0n) is 6.71. The molecule has 0 aliphatic rings. The number of amides is 1. The van der Waals surface area contributed by atoms with Gasteiger partial charge in [-0.1, -0.05) is 0 Å². The molecule has 10 heavy (non-hydrogen) atoms. The third-order valence-electron chi connectivity index (χ3n) is 0.995. The van der Waals surface area contributed by atoms with Crippen molar-refractivity contribution in [1.82, 2.24) is 9.80 Å². The Balaban J connectivity index is 4.10. The molecular weight excluding hydrogens is 195 g/mol. The summed E-state index contributed by atoms with van der Waals surface area (Å²) in [5.41, 5.74) is 0. The van der Waals surface area contributed by atoms with E-state index in [0.717, 1.165) is 0 Å². The van der Waals surface area contributed by atoms with Crippen LogP contribution in [0.15, 0.2) is 0 Å². The van der Waals surface area contributed by atoms with E-state index in [2.05, 4.69) is 15.6 Å². The van der Waals surface area contributed by atoms with E-state index >= 15 is 0 Å². The van der Waals surface area contributed by atoms with Crippen molar-refractivity contribution in [3.63, 3.8) is 0 Å². The maximum absolute atomic E-state index is 11.1. The van der Waals surface area contributed by atoms with E-state index in [1.165, 1.54) is 4.90 Å². The fraction of sp³-hybridized carbons (Fsp3) is 0.667. The molecule has 58 valence electrons. The van der Waals surface area contributed by atoms with E-state index in [-0.39, 0.29) is 5.91 Å². The van der Waals surface area contributed by atoms with Crippen LogP contribution < -0.4 is 0 Å². The van der Waals surface area contributed by atoms with Crippen molar-refractivity contribution in [1.29, 1.82) is 0 Å². The molecule has 0 unspecified atom stereocenters. The van der Waals surface area contributed by atoms with Crippen molar-refractivity contribution < 1.29 is 4.79 Å². The van der Waals surface area contributed by atoms with E-state index in [1.807, 2.05) is 14.1 Å². The third-order valence-corrected chi connectivity index (χ3v) is 2.13. The molecule has 0 atom stereocenters. The van der Waals surface area contributed by atoms with Crippen molar-refractivity contribution in [2.75, 3.05) is 28.2 Å². The van der Waals surface area contributed by atoms with E-state index in [4.69, 9.17) is 0 Å². The molecule has 0 aliphatic heterocycles. The molecule has 4 heteroatoms. The van der Waals surface area contributed by atoms with Gasteiger partial charge in [0.1, 0.15) is 0 Å². The second-order valence-electron chi connectivity index (χ2n) is 2.40. The minimum atomic E-state index is 0.00463. The minimum absolute atomic E-state index is 0.00463. The number of carbonyl (C=O) groups excluding carboxylic acids is 1. The maximum atomic E-state index is 11.1. The number of hydrogen-bond acceptors (Lipinski definition) is 2. The summed E-state index contributed by atoms with van der Waals surface area (Å²) in [6.07, 6.45) is 0. The van der Waals surface area contributed by atoms with Crippen LogP contribution in [0.2, 0.25) is 0 Å². The fourth-order valence-corrected chi connectivity index (χ4v) is 0.766. The predicted octanol–water partition coefficient (Wildman–Crippen LogP) is -1.07. The van der Waals surface area contributed by atoms with Crippen molar-refractivity contribution >= 4 is 26.0 Å². The predicted molar refractivity (Wildman–Crippen MR) is 43.1 cm³/mol. The Hall–Kier alpha value is -0.341. The summed E-state index contributed by atoms with van der Waals surface area (Å²) in [7, 11) is 7.10. The summed E-state index contributed by atoms with van der Waals surface area (Å²) in [5, 5.41) is 0. The van der Waals surface area contributed by atoms with E-state index in [0.29, 0.717) is 4.54 Å². The second kappa shape index (κ2) is 3.74. The number of likely N-dealkylation sites (N-methyl/N-ethyl adjacent to an activating group) is 2. The first-order valence-electron chi connectivity index (χ1n) is 2.89. The average molecular weight is 207 g/mol. The topological polar surface area (TPSA) is 23.6 Å². The van der Waals surface area contributed by atoms with Gasteiger partial charge in [-0.25, -0.2) is 0 Å². The summed E-state index contributed by atoms with van der Waals surface area (Å²) in [6.45, 7) is 0. The van der Waals surface area contributed by atoms with Gasteiger partial charge in [0.25, 0.3) is 0 Å². The van der Waals surface area contributed by atoms with Crippen molar-refractivity contribution in [2.24, 2.45) is 0 Å². The summed E-state index contributed by atoms with van der Waals surface area (Å²) < 4.78 is 0.630. The van der Waals surface area contributed by atoms with Crippen LogP contribution >= 0.6 is 0 Å². The average Bonchev–Trinajstić information content (AvgIpc) is 1.84. The van der Waals surface area contributed by atoms with Crippen LogP contribution in [-0.2, 0) is 4.79 Å². The zero-order chi connectivity index (χ0) is 8.31. The normalized spacial score (nSPS) is 8.80. The molecule has 0 aromatic heterocycles. The molecule has 0 aromatic carbocycles. The number of nitrogens with zero attached hydrogens (tertiary/aromatic N) is 2. The van der Waals surface area contributed by atoms with Gasteiger partial charge in [-0.05, 0) is 0 Å². The van der Waals surface area contributed by atoms with Gasteiger partial charge in [-0.3, -0.25) is 0 Å². The Morgan fingerprint density at radius 2 is 1.50 bits per heavy atom. The first kappa shape index (κ1) is 9.66. The standard InChI is InChI=1S/C6H12N2OSe/c1-7(2)5(9)6(10)8(3)4/h1-4H3. The van der Waals surface area contributed by atoms with E-state index in [9.17, 15) is 4.79 Å². The first-order chi connectivity index (χ1) is 4.46. The molecule has 0 N–H and O–H groups in total. The van der Waals surface area contributed by atoms with Gasteiger partial charge in [0.15, 0.2) is 0 Å². The van der Waals surface area contributed by atoms with Crippen LogP contribution in [0.4, 0.5) is 0 Å². The molecule has 0 saturated carbocycles. The van der Waals surface area contributed by atoms with Gasteiger partial charge in [0.2, 0.25) is 0 Å². The quantitative estimate of drug-likeness (QED) is 0.538. The van der Waals surface area contributed by atoms with Crippen LogP contribution in [0.25, 0.3) is 0 Å². The molecule has 1 amide bonds. The Morgan fingerprint density at radius 1 is 1.10 bits per heavy atom. The fourth-order valence-electron chi connectivity index (χ4n) is 0.383. The molecule has 0 rings (SSSR count). The van der Waals surface area contributed by atoms with Crippen LogP contribution in [0, 0.1) is 0 Å². The molecule has 0 fully saturated rings. The second-order valence-corrected chi connectivity index (χ2v) is 3.21. The number of rotatable bonds is 2. The molecule has 0 bridgehead atoms. The molecule has 0 radical (unpaired) electrons. The van der Waals surface area contributed by atoms with Crippen LogP contribution in [0.3, 0.4) is 0 Å². The van der Waals surface area contributed by atoms with Gasteiger partial charge >= 0.3 is 68.8 Å². The Morgan fingerprint density at radius 3 is 1.60 bits per heavy atom. The molecule has 0 heterocycles. The number of carbonyl (C=O) groups is 1. The molecule has 0 saturated heterocycles. The molecular formula is C6H12N2OSe. The van der Waals surface area contributed by atoms with Crippen LogP contribution in [-0.4, -0.2) is 64.0 Å². The molecule has 3 nitrogen and oxygen atoms in total. The first-order valence-corrected chi connectivity index (χ1v) is 3.75. The monoisotopic (exact) mass is 208 g/mol. The molecule has 0 spiro atoms. The number of hydrogen-bond donors (Lipinski definition) is 0. The van der Waals surface area contributed by atoms with Gasteiger partial charge in [0.05, 0.1) is 0 Å². The SMILES string of the molecule is CN(C)C(=O)C(=[Se])N(C)C. The van der Waals surface area contributed by atoms with Gasteiger partial charge in [0, 0.05) is 0 Å². The Bertz CT molecular complexity index is 136. The van der Waals surface area contributed by atoms with E-state index < -0.39 is 0 Å².